The van der Waals surface area contributed by atoms with Gasteiger partial charge in [-0.2, -0.15) is 0 Å². The minimum Gasteiger partial charge on any atom is -0.389 e. The van der Waals surface area contributed by atoms with E-state index in [1.54, 1.807) is 11.3 Å². The van der Waals surface area contributed by atoms with Gasteiger partial charge in [-0.05, 0) is 93.6 Å². The fourth-order valence-corrected chi connectivity index (χ4v) is 9.23. The number of nitrogens with one attached hydrogen (secondary N) is 1. The van der Waals surface area contributed by atoms with Crippen molar-refractivity contribution in [3.05, 3.63) is 52.6 Å². The number of benzene rings is 1. The number of aliphatic hydroxyl groups excluding tert-OH is 1. The molecule has 1 heterocycles. The van der Waals surface area contributed by atoms with Crippen LogP contribution >= 0.6 is 11.3 Å². The number of thiazole rings is 1. The van der Waals surface area contributed by atoms with E-state index < -0.39 is 5.60 Å². The molecule has 7 atom stereocenters. The molecule has 5 heteroatoms. The standard InChI is InChI=1S/C29H38N2O2S/c1-18-4-7-20(8-5-18)30-26-31-25(17-34-26)29(33)15-12-24-22-9-6-19-16-21(32)10-13-27(19,2)23(22)11-14-28(24,29)3/h4-5,7-8,16-17,21-24,32-33H,6,9-15H2,1-3H3,(H,30,31)/t21-,22+,23-,24-,27-,28-,29-/m0/s1. The highest BCUT2D eigenvalue weighted by molar-refractivity contribution is 7.13. The van der Waals surface area contributed by atoms with Crippen LogP contribution in [0.2, 0.25) is 0 Å². The predicted octanol–water partition coefficient (Wildman–Crippen LogP) is 6.71. The van der Waals surface area contributed by atoms with Gasteiger partial charge in [-0.1, -0.05) is 43.2 Å². The molecule has 1 aromatic carbocycles. The van der Waals surface area contributed by atoms with E-state index in [1.165, 1.54) is 24.0 Å². The summed E-state index contributed by atoms with van der Waals surface area (Å²) in [5.41, 5.74) is 3.89. The van der Waals surface area contributed by atoms with Crippen molar-refractivity contribution in [3.8, 4) is 0 Å². The van der Waals surface area contributed by atoms with Crippen LogP contribution in [-0.2, 0) is 5.60 Å². The Labute approximate surface area is 207 Å². The Morgan fingerprint density at radius 2 is 1.76 bits per heavy atom. The number of fused-ring (bicyclic) bond motifs is 5. The van der Waals surface area contributed by atoms with Gasteiger partial charge in [-0.3, -0.25) is 0 Å². The molecule has 6 rings (SSSR count). The van der Waals surface area contributed by atoms with Crippen molar-refractivity contribution in [3.63, 3.8) is 0 Å². The molecule has 4 nitrogen and oxygen atoms in total. The third-order valence-corrected chi connectivity index (χ3v) is 11.2. The first-order valence-corrected chi connectivity index (χ1v) is 14.0. The van der Waals surface area contributed by atoms with Crippen LogP contribution in [0.15, 0.2) is 41.3 Å². The summed E-state index contributed by atoms with van der Waals surface area (Å²) >= 11 is 1.60. The van der Waals surface area contributed by atoms with Crippen LogP contribution in [0.4, 0.5) is 10.8 Å². The minimum absolute atomic E-state index is 0.130. The summed E-state index contributed by atoms with van der Waals surface area (Å²) in [7, 11) is 0. The third kappa shape index (κ3) is 3.26. The van der Waals surface area contributed by atoms with Crippen molar-refractivity contribution < 1.29 is 10.2 Å². The van der Waals surface area contributed by atoms with E-state index in [0.717, 1.165) is 55.0 Å². The van der Waals surface area contributed by atoms with Crippen LogP contribution in [0.3, 0.4) is 0 Å². The number of nitrogens with zero attached hydrogens (tertiary/aromatic N) is 1. The first kappa shape index (κ1) is 22.8. The SMILES string of the molecule is Cc1ccc(Nc2nc([C@@]3(O)CC[C@H]4[C@@H]5CCC6=C[C@@H](O)CC[C@]6(C)[C@H]5CC[C@@]43C)cs2)cc1. The molecule has 4 aliphatic carbocycles. The molecule has 3 N–H and O–H groups in total. The van der Waals surface area contributed by atoms with Gasteiger partial charge in [-0.25, -0.2) is 4.98 Å². The first-order valence-electron chi connectivity index (χ1n) is 13.1. The van der Waals surface area contributed by atoms with E-state index >= 15 is 0 Å². The van der Waals surface area contributed by atoms with Crippen LogP contribution < -0.4 is 5.32 Å². The molecule has 3 saturated carbocycles. The maximum atomic E-state index is 12.2. The van der Waals surface area contributed by atoms with Gasteiger partial charge in [0.05, 0.1) is 11.8 Å². The smallest absolute Gasteiger partial charge is 0.187 e. The van der Waals surface area contributed by atoms with Gasteiger partial charge in [0.25, 0.3) is 0 Å². The number of aliphatic hydroxyl groups is 2. The molecule has 0 spiro atoms. The Morgan fingerprint density at radius 3 is 2.56 bits per heavy atom. The largest absolute Gasteiger partial charge is 0.389 e. The van der Waals surface area contributed by atoms with Crippen LogP contribution in [-0.4, -0.2) is 21.3 Å². The molecular formula is C29H38N2O2S. The number of aryl methyl sites for hydroxylation is 1. The average molecular weight is 479 g/mol. The molecule has 182 valence electrons. The van der Waals surface area contributed by atoms with Gasteiger partial charge < -0.3 is 15.5 Å². The number of aromatic nitrogens is 1. The summed E-state index contributed by atoms with van der Waals surface area (Å²) in [4.78, 5) is 4.93. The predicted molar refractivity (Wildman–Crippen MR) is 138 cm³/mol. The fourth-order valence-electron chi connectivity index (χ4n) is 8.43. The lowest BCUT2D eigenvalue weighted by atomic mass is 9.46. The highest BCUT2D eigenvalue weighted by Gasteiger charge is 2.65. The fraction of sp³-hybridized carbons (Fsp3) is 0.621. The molecular weight excluding hydrogens is 440 g/mol. The topological polar surface area (TPSA) is 65.4 Å². The normalized spacial score (nSPS) is 41.3. The van der Waals surface area contributed by atoms with Gasteiger partial charge in [0.15, 0.2) is 5.13 Å². The Kier molecular flexibility index (Phi) is 5.29. The summed E-state index contributed by atoms with van der Waals surface area (Å²) in [6.07, 6.45) is 10.4. The Hall–Kier alpha value is -1.69. The summed E-state index contributed by atoms with van der Waals surface area (Å²) in [5, 5.41) is 28.8. The summed E-state index contributed by atoms with van der Waals surface area (Å²) < 4.78 is 0. The maximum absolute atomic E-state index is 12.2. The minimum atomic E-state index is -0.855. The van der Waals surface area contributed by atoms with Crippen molar-refractivity contribution in [2.45, 2.75) is 83.8 Å². The zero-order valence-electron chi connectivity index (χ0n) is 20.7. The zero-order valence-corrected chi connectivity index (χ0v) is 21.5. The Bertz CT molecular complexity index is 1110. The van der Waals surface area contributed by atoms with Crippen LogP contribution in [0.25, 0.3) is 0 Å². The van der Waals surface area contributed by atoms with Crippen molar-refractivity contribution in [2.75, 3.05) is 5.32 Å². The highest BCUT2D eigenvalue weighted by atomic mass is 32.1. The van der Waals surface area contributed by atoms with E-state index in [-0.39, 0.29) is 16.9 Å². The van der Waals surface area contributed by atoms with E-state index in [9.17, 15) is 10.2 Å². The zero-order chi connectivity index (χ0) is 23.7. The van der Waals surface area contributed by atoms with Crippen molar-refractivity contribution >= 4 is 22.2 Å². The molecule has 0 aliphatic heterocycles. The molecule has 0 radical (unpaired) electrons. The quantitative estimate of drug-likeness (QED) is 0.429. The highest BCUT2D eigenvalue weighted by Crippen LogP contribution is 2.69. The number of anilines is 2. The van der Waals surface area contributed by atoms with Crippen molar-refractivity contribution in [2.24, 2.45) is 28.6 Å². The first-order chi connectivity index (χ1) is 16.2. The molecule has 2 aromatic rings. The lowest BCUT2D eigenvalue weighted by Crippen LogP contribution is -2.54. The third-order valence-electron chi connectivity index (χ3n) is 10.5. The average Bonchev–Trinajstić information content (AvgIpc) is 3.39. The number of hydrogen-bond donors (Lipinski definition) is 3. The molecule has 0 amide bonds. The second kappa shape index (κ2) is 7.91. The van der Waals surface area contributed by atoms with Crippen molar-refractivity contribution in [1.29, 1.82) is 0 Å². The lowest BCUT2D eigenvalue weighted by molar-refractivity contribution is -0.134. The summed E-state index contributed by atoms with van der Waals surface area (Å²) in [5.74, 6) is 1.88. The van der Waals surface area contributed by atoms with Gasteiger partial charge in [0.1, 0.15) is 5.60 Å². The van der Waals surface area contributed by atoms with E-state index in [1.807, 2.05) is 0 Å². The monoisotopic (exact) mass is 478 g/mol. The van der Waals surface area contributed by atoms with E-state index in [0.29, 0.717) is 17.8 Å². The molecule has 0 unspecified atom stereocenters. The summed E-state index contributed by atoms with van der Waals surface area (Å²) in [6, 6.07) is 8.36. The molecule has 1 aromatic heterocycles. The van der Waals surface area contributed by atoms with Crippen molar-refractivity contribution in [1.82, 2.24) is 4.98 Å². The number of rotatable bonds is 3. The van der Waals surface area contributed by atoms with Gasteiger partial charge in [0, 0.05) is 16.5 Å². The van der Waals surface area contributed by atoms with Gasteiger partial charge >= 0.3 is 0 Å². The van der Waals surface area contributed by atoms with Gasteiger partial charge in [-0.15, -0.1) is 11.3 Å². The van der Waals surface area contributed by atoms with Crippen LogP contribution in [0, 0.1) is 35.5 Å². The lowest BCUT2D eigenvalue weighted by Gasteiger charge is -2.59. The second-order valence-electron chi connectivity index (χ2n) is 12.0. The molecule has 34 heavy (non-hydrogen) atoms. The molecule has 3 fully saturated rings. The Balaban J connectivity index is 1.26. The second-order valence-corrected chi connectivity index (χ2v) is 12.9. The van der Waals surface area contributed by atoms with Gasteiger partial charge in [0.2, 0.25) is 0 Å². The number of allylic oxidation sites excluding steroid dienone is 1. The van der Waals surface area contributed by atoms with E-state index in [2.05, 4.69) is 61.8 Å². The van der Waals surface area contributed by atoms with Crippen LogP contribution in [0.1, 0.15) is 76.5 Å². The molecule has 4 aliphatic rings. The van der Waals surface area contributed by atoms with E-state index in [4.69, 9.17) is 4.98 Å². The summed E-state index contributed by atoms with van der Waals surface area (Å²) in [6.45, 7) is 6.91. The maximum Gasteiger partial charge on any atom is 0.187 e. The molecule has 0 bridgehead atoms. The van der Waals surface area contributed by atoms with Crippen LogP contribution in [0.5, 0.6) is 0 Å². The number of hydrogen-bond acceptors (Lipinski definition) is 5. The Morgan fingerprint density at radius 1 is 1.00 bits per heavy atom. The molecule has 0 saturated heterocycles.